The van der Waals surface area contributed by atoms with E-state index in [9.17, 15) is 9.13 Å². The Bertz CT molecular complexity index is 681. The zero-order valence-electron chi connectivity index (χ0n) is 22.7. The summed E-state index contributed by atoms with van der Waals surface area (Å²) in [6.07, 6.45) is 6.99. The largest absolute Gasteiger partial charge is 0.344 e. The molecule has 1 atom stereocenters. The summed E-state index contributed by atoms with van der Waals surface area (Å²) in [5.74, 6) is 0. The molecule has 0 fully saturated rings. The van der Waals surface area contributed by atoms with E-state index in [4.69, 9.17) is 18.1 Å². The molecule has 0 bridgehead atoms. The Labute approximate surface area is 214 Å². The molecule has 0 aromatic heterocycles. The van der Waals surface area contributed by atoms with Crippen molar-refractivity contribution in [2.45, 2.75) is 92.0 Å². The Kier molecular flexibility index (Phi) is 17.4. The Morgan fingerprint density at radius 3 is 1.31 bits per heavy atom. The van der Waals surface area contributed by atoms with Crippen LogP contribution in [-0.4, -0.2) is 43.9 Å². The Morgan fingerprint density at radius 2 is 1.00 bits per heavy atom. The molecule has 0 radical (unpaired) electrons. The van der Waals surface area contributed by atoms with Gasteiger partial charge in [0.2, 0.25) is 0 Å². The van der Waals surface area contributed by atoms with Crippen LogP contribution in [0.3, 0.4) is 0 Å². The predicted molar refractivity (Wildman–Crippen MR) is 145 cm³/mol. The first-order chi connectivity index (χ1) is 16.8. The second kappa shape index (κ2) is 18.7. The fraction of sp³-hybridized carbons (Fsp3) is 0.769. The average Bonchev–Trinajstić information content (AvgIpc) is 2.84. The lowest BCUT2D eigenvalue weighted by atomic mass is 10.1. The minimum absolute atomic E-state index is 0.0226. The van der Waals surface area contributed by atoms with Gasteiger partial charge in [-0.2, -0.15) is 0 Å². The van der Waals surface area contributed by atoms with Gasteiger partial charge in [0.25, 0.3) is 0 Å². The molecule has 0 N–H and O–H groups in total. The molecule has 0 aliphatic rings. The minimum Gasteiger partial charge on any atom is -0.308 e. The Morgan fingerprint density at radius 1 is 0.657 bits per heavy atom. The molecular weight excluding hydrogens is 484 g/mol. The maximum atomic E-state index is 13.9. The van der Waals surface area contributed by atoms with E-state index in [0.717, 1.165) is 56.9 Å². The summed E-state index contributed by atoms with van der Waals surface area (Å²) < 4.78 is 51.2. The molecule has 0 unspecified atom stereocenters. The van der Waals surface area contributed by atoms with E-state index < -0.39 is 15.2 Å². The summed E-state index contributed by atoms with van der Waals surface area (Å²) in [6, 6.07) is 9.73. The molecule has 35 heavy (non-hydrogen) atoms. The van der Waals surface area contributed by atoms with Crippen LogP contribution in [0.5, 0.6) is 0 Å². The van der Waals surface area contributed by atoms with Crippen molar-refractivity contribution < 1.29 is 27.2 Å². The SMILES string of the molecule is CCCCOP(=O)(CN(CP(=O)(OCCCC)OCCCC)[C@@H](C)c1ccccc1)OCCCC. The molecule has 1 aromatic carbocycles. The fourth-order valence-electron chi connectivity index (χ4n) is 3.31. The highest BCUT2D eigenvalue weighted by Gasteiger charge is 2.36. The lowest BCUT2D eigenvalue weighted by Crippen LogP contribution is -2.31. The molecule has 0 saturated carbocycles. The van der Waals surface area contributed by atoms with E-state index in [2.05, 4.69) is 27.7 Å². The zero-order chi connectivity index (χ0) is 26.0. The topological polar surface area (TPSA) is 74.3 Å². The normalized spacial score (nSPS) is 13.4. The van der Waals surface area contributed by atoms with E-state index in [1.165, 1.54) is 0 Å². The van der Waals surface area contributed by atoms with Crippen LogP contribution in [0.15, 0.2) is 30.3 Å². The number of hydrogen-bond donors (Lipinski definition) is 0. The van der Waals surface area contributed by atoms with E-state index in [1.807, 2.05) is 42.2 Å². The van der Waals surface area contributed by atoms with Crippen LogP contribution in [0.1, 0.15) is 97.6 Å². The third kappa shape index (κ3) is 13.6. The van der Waals surface area contributed by atoms with Gasteiger partial charge in [-0.15, -0.1) is 0 Å². The van der Waals surface area contributed by atoms with Crippen molar-refractivity contribution in [3.63, 3.8) is 0 Å². The van der Waals surface area contributed by atoms with Crippen molar-refractivity contribution >= 4 is 15.2 Å². The van der Waals surface area contributed by atoms with Gasteiger partial charge in [0.1, 0.15) is 12.6 Å². The summed E-state index contributed by atoms with van der Waals surface area (Å²) in [5, 5.41) is 0. The molecule has 0 aliphatic heterocycles. The first-order valence-electron chi connectivity index (χ1n) is 13.4. The van der Waals surface area contributed by atoms with Crippen LogP contribution in [0, 0.1) is 0 Å². The van der Waals surface area contributed by atoms with Gasteiger partial charge in [-0.1, -0.05) is 83.7 Å². The molecule has 0 saturated heterocycles. The summed E-state index contributed by atoms with van der Waals surface area (Å²) >= 11 is 0. The number of nitrogens with zero attached hydrogens (tertiary/aromatic N) is 1. The first-order valence-corrected chi connectivity index (χ1v) is 16.8. The van der Waals surface area contributed by atoms with E-state index in [-0.39, 0.29) is 18.6 Å². The Balaban J connectivity index is 3.22. The third-order valence-electron chi connectivity index (χ3n) is 5.68. The number of benzene rings is 1. The molecule has 7 nitrogen and oxygen atoms in total. The molecule has 0 amide bonds. The van der Waals surface area contributed by atoms with Crippen molar-refractivity contribution in [1.82, 2.24) is 4.90 Å². The van der Waals surface area contributed by atoms with Gasteiger partial charge < -0.3 is 18.1 Å². The average molecular weight is 534 g/mol. The van der Waals surface area contributed by atoms with E-state index in [1.54, 1.807) is 0 Å². The van der Waals surface area contributed by atoms with Crippen molar-refractivity contribution in [1.29, 1.82) is 0 Å². The monoisotopic (exact) mass is 533 g/mol. The summed E-state index contributed by atoms with van der Waals surface area (Å²) in [4.78, 5) is 1.90. The number of hydrogen-bond acceptors (Lipinski definition) is 7. The maximum absolute atomic E-state index is 13.9. The predicted octanol–water partition coefficient (Wildman–Crippen LogP) is 8.62. The van der Waals surface area contributed by atoms with Crippen molar-refractivity contribution in [3.05, 3.63) is 35.9 Å². The molecule has 1 aromatic rings. The second-order valence-electron chi connectivity index (χ2n) is 8.93. The molecular formula is C26H49NO6P2. The van der Waals surface area contributed by atoms with Gasteiger partial charge in [-0.3, -0.25) is 14.0 Å². The van der Waals surface area contributed by atoms with Crippen molar-refractivity contribution in [3.8, 4) is 0 Å². The van der Waals surface area contributed by atoms with Crippen molar-refractivity contribution in [2.24, 2.45) is 0 Å². The standard InChI is InChI=1S/C26H49NO6P2/c1-6-10-19-30-34(28,31-20-11-7-2)23-27(25(5)26-17-15-14-16-18-26)24-35(29,32-21-12-8-3)33-22-13-9-4/h14-18,25H,6-13,19-24H2,1-5H3/t25-/m0/s1. The lowest BCUT2D eigenvalue weighted by molar-refractivity contribution is 0.156. The molecule has 0 aliphatic carbocycles. The molecule has 0 spiro atoms. The van der Waals surface area contributed by atoms with Gasteiger partial charge >= 0.3 is 15.2 Å². The third-order valence-corrected chi connectivity index (χ3v) is 9.41. The van der Waals surface area contributed by atoms with Crippen LogP contribution in [0.4, 0.5) is 0 Å². The van der Waals surface area contributed by atoms with Crippen LogP contribution < -0.4 is 0 Å². The Hall–Kier alpha value is -0.520. The lowest BCUT2D eigenvalue weighted by Gasteiger charge is -2.34. The minimum atomic E-state index is -3.46. The summed E-state index contributed by atoms with van der Waals surface area (Å²) in [5.41, 5.74) is 1.02. The molecule has 1 rings (SSSR count). The van der Waals surface area contributed by atoms with Gasteiger partial charge in [0.15, 0.2) is 0 Å². The van der Waals surface area contributed by atoms with Gasteiger partial charge in [0, 0.05) is 6.04 Å². The first kappa shape index (κ1) is 32.5. The van der Waals surface area contributed by atoms with Crippen LogP contribution in [-0.2, 0) is 27.2 Å². The highest BCUT2D eigenvalue weighted by molar-refractivity contribution is 7.54. The van der Waals surface area contributed by atoms with Gasteiger partial charge in [0.05, 0.1) is 26.4 Å². The zero-order valence-corrected chi connectivity index (χ0v) is 24.4. The second-order valence-corrected chi connectivity index (χ2v) is 13.0. The van der Waals surface area contributed by atoms with Crippen LogP contribution in [0.2, 0.25) is 0 Å². The van der Waals surface area contributed by atoms with Gasteiger partial charge in [-0.05, 0) is 38.2 Å². The van der Waals surface area contributed by atoms with E-state index in [0.29, 0.717) is 26.4 Å². The van der Waals surface area contributed by atoms with Crippen LogP contribution >= 0.6 is 15.2 Å². The highest BCUT2D eigenvalue weighted by atomic mass is 31.2. The molecule has 204 valence electrons. The molecule has 0 heterocycles. The smallest absolute Gasteiger partial charge is 0.308 e. The number of unbranched alkanes of at least 4 members (excludes halogenated alkanes) is 4. The quantitative estimate of drug-likeness (QED) is 0.109. The summed E-state index contributed by atoms with van der Waals surface area (Å²) in [6.45, 7) is 11.7. The van der Waals surface area contributed by atoms with Gasteiger partial charge in [-0.25, -0.2) is 0 Å². The number of rotatable bonds is 22. The van der Waals surface area contributed by atoms with Crippen molar-refractivity contribution in [2.75, 3.05) is 39.0 Å². The summed E-state index contributed by atoms with van der Waals surface area (Å²) in [7, 11) is -6.93. The van der Waals surface area contributed by atoms with Crippen LogP contribution in [0.25, 0.3) is 0 Å². The molecule has 9 heteroatoms. The fourth-order valence-corrected chi connectivity index (χ4v) is 7.15. The maximum Gasteiger partial charge on any atom is 0.344 e. The highest BCUT2D eigenvalue weighted by Crippen LogP contribution is 2.55. The van der Waals surface area contributed by atoms with E-state index >= 15 is 0 Å².